The molecule has 0 fully saturated rings. The van der Waals surface area contributed by atoms with E-state index in [0.717, 1.165) is 22.6 Å². The van der Waals surface area contributed by atoms with Crippen LogP contribution in [0.5, 0.6) is 0 Å². The fraction of sp³-hybridized carbons (Fsp3) is 0.267. The molecule has 21 heavy (non-hydrogen) atoms. The molecule has 1 heterocycles. The minimum atomic E-state index is -4.46. The Morgan fingerprint density at radius 3 is 2.67 bits per heavy atom. The van der Waals surface area contributed by atoms with Gasteiger partial charge in [-0.05, 0) is 37.6 Å². The topological polar surface area (TPSA) is 43.1 Å². The third-order valence-corrected chi connectivity index (χ3v) is 4.15. The molecule has 0 atom stereocenters. The lowest BCUT2D eigenvalue weighted by atomic mass is 9.98. The molecule has 1 aromatic carbocycles. The van der Waals surface area contributed by atoms with Crippen molar-refractivity contribution >= 4 is 17.1 Å². The van der Waals surface area contributed by atoms with E-state index in [1.54, 1.807) is 5.38 Å². The fourth-order valence-electron chi connectivity index (χ4n) is 2.12. The number of ketones is 1. The Balaban J connectivity index is 2.41. The molecule has 0 unspecified atom stereocenters. The molecular weight excluding hydrogens is 299 g/mol. The Hall–Kier alpha value is -1.66. The van der Waals surface area contributed by atoms with Gasteiger partial charge in [0.15, 0.2) is 5.78 Å². The fourth-order valence-corrected chi connectivity index (χ4v) is 3.02. The van der Waals surface area contributed by atoms with Gasteiger partial charge in [0.1, 0.15) is 0 Å². The molecular formula is C15H14F3NOS. The summed E-state index contributed by atoms with van der Waals surface area (Å²) in [6.07, 6.45) is -3.92. The third kappa shape index (κ3) is 3.33. The van der Waals surface area contributed by atoms with Gasteiger partial charge in [0.05, 0.1) is 5.56 Å². The molecule has 0 bridgehead atoms. The summed E-state index contributed by atoms with van der Waals surface area (Å²) in [6.45, 7) is 2.26. The highest BCUT2D eigenvalue weighted by Crippen LogP contribution is 2.31. The van der Waals surface area contributed by atoms with Crippen molar-refractivity contribution in [3.05, 3.63) is 56.8 Å². The van der Waals surface area contributed by atoms with E-state index >= 15 is 0 Å². The molecule has 2 aromatic rings. The molecule has 0 amide bonds. The molecule has 2 rings (SSSR count). The SMILES string of the molecule is Cc1scc(C(=O)c2cccc(C(F)(F)F)c2)c1CCN. The van der Waals surface area contributed by atoms with Crippen LogP contribution in [0.25, 0.3) is 0 Å². The Morgan fingerprint density at radius 1 is 1.33 bits per heavy atom. The summed E-state index contributed by atoms with van der Waals surface area (Å²) in [6, 6.07) is 4.49. The van der Waals surface area contributed by atoms with Gasteiger partial charge in [-0.3, -0.25) is 4.79 Å². The zero-order valence-electron chi connectivity index (χ0n) is 11.3. The first-order chi connectivity index (χ1) is 9.84. The van der Waals surface area contributed by atoms with Gasteiger partial charge in [-0.25, -0.2) is 0 Å². The second-order valence-corrected chi connectivity index (χ2v) is 5.71. The molecule has 0 saturated carbocycles. The predicted octanol–water partition coefficient (Wildman–Crippen LogP) is 3.81. The smallest absolute Gasteiger partial charge is 0.330 e. The first-order valence-electron chi connectivity index (χ1n) is 6.33. The van der Waals surface area contributed by atoms with E-state index in [1.165, 1.54) is 23.5 Å². The standard InChI is InChI=1S/C15H14F3NOS/c1-9-12(5-6-19)13(8-21-9)14(20)10-3-2-4-11(7-10)15(16,17)18/h2-4,7-8H,5-6,19H2,1H3. The molecule has 0 aliphatic carbocycles. The average molecular weight is 313 g/mol. The summed E-state index contributed by atoms with van der Waals surface area (Å²) in [4.78, 5) is 13.4. The minimum Gasteiger partial charge on any atom is -0.330 e. The van der Waals surface area contributed by atoms with E-state index in [1.807, 2.05) is 6.92 Å². The Morgan fingerprint density at radius 2 is 2.05 bits per heavy atom. The van der Waals surface area contributed by atoms with Gasteiger partial charge in [0.2, 0.25) is 0 Å². The summed E-state index contributed by atoms with van der Waals surface area (Å²) in [5, 5.41) is 1.68. The van der Waals surface area contributed by atoms with Crippen LogP contribution in [0.1, 0.15) is 31.9 Å². The Labute approximate surface area is 124 Å². The van der Waals surface area contributed by atoms with Crippen molar-refractivity contribution < 1.29 is 18.0 Å². The molecule has 2 N–H and O–H groups in total. The van der Waals surface area contributed by atoms with Crippen molar-refractivity contribution in [2.45, 2.75) is 19.5 Å². The zero-order valence-corrected chi connectivity index (χ0v) is 12.1. The van der Waals surface area contributed by atoms with Crippen LogP contribution in [0.15, 0.2) is 29.6 Å². The van der Waals surface area contributed by atoms with Crippen LogP contribution >= 0.6 is 11.3 Å². The second-order valence-electron chi connectivity index (χ2n) is 4.63. The first kappa shape index (κ1) is 15.7. The number of aryl methyl sites for hydroxylation is 1. The lowest BCUT2D eigenvalue weighted by Crippen LogP contribution is -2.10. The van der Waals surface area contributed by atoms with Crippen molar-refractivity contribution in [3.63, 3.8) is 0 Å². The largest absolute Gasteiger partial charge is 0.416 e. The van der Waals surface area contributed by atoms with E-state index in [0.29, 0.717) is 18.5 Å². The quantitative estimate of drug-likeness (QED) is 0.872. The van der Waals surface area contributed by atoms with Crippen LogP contribution in [-0.4, -0.2) is 12.3 Å². The van der Waals surface area contributed by atoms with Gasteiger partial charge in [0.25, 0.3) is 0 Å². The highest BCUT2D eigenvalue weighted by molar-refractivity contribution is 7.10. The summed E-state index contributed by atoms with van der Waals surface area (Å²) >= 11 is 1.41. The summed E-state index contributed by atoms with van der Waals surface area (Å²) in [5.41, 5.74) is 6.02. The normalized spacial score (nSPS) is 11.7. The minimum absolute atomic E-state index is 0.0425. The molecule has 1 aromatic heterocycles. The van der Waals surface area contributed by atoms with E-state index in [4.69, 9.17) is 5.73 Å². The highest BCUT2D eigenvalue weighted by Gasteiger charge is 2.31. The Kier molecular flexibility index (Phi) is 4.49. The lowest BCUT2D eigenvalue weighted by Gasteiger charge is -2.09. The number of thiophene rings is 1. The first-order valence-corrected chi connectivity index (χ1v) is 7.21. The van der Waals surface area contributed by atoms with Gasteiger partial charge in [-0.2, -0.15) is 13.2 Å². The summed E-state index contributed by atoms with van der Waals surface area (Å²) in [5.74, 6) is -0.395. The molecule has 0 spiro atoms. The molecule has 6 heteroatoms. The van der Waals surface area contributed by atoms with E-state index in [9.17, 15) is 18.0 Å². The van der Waals surface area contributed by atoms with Crippen LogP contribution in [0.4, 0.5) is 13.2 Å². The average Bonchev–Trinajstić information content (AvgIpc) is 2.79. The van der Waals surface area contributed by atoms with E-state index in [-0.39, 0.29) is 5.56 Å². The second kappa shape index (κ2) is 5.99. The van der Waals surface area contributed by atoms with Crippen molar-refractivity contribution in [2.75, 3.05) is 6.54 Å². The van der Waals surface area contributed by atoms with Crippen LogP contribution in [0.3, 0.4) is 0 Å². The molecule has 0 aliphatic rings. The number of rotatable bonds is 4. The van der Waals surface area contributed by atoms with Crippen molar-refractivity contribution in [3.8, 4) is 0 Å². The van der Waals surface area contributed by atoms with Gasteiger partial charge in [-0.1, -0.05) is 12.1 Å². The maximum absolute atomic E-state index is 12.7. The monoisotopic (exact) mass is 313 g/mol. The molecule has 0 saturated heterocycles. The lowest BCUT2D eigenvalue weighted by molar-refractivity contribution is -0.137. The molecule has 112 valence electrons. The third-order valence-electron chi connectivity index (χ3n) is 3.19. The van der Waals surface area contributed by atoms with Crippen LogP contribution in [0.2, 0.25) is 0 Å². The molecule has 2 nitrogen and oxygen atoms in total. The van der Waals surface area contributed by atoms with Crippen LogP contribution in [0, 0.1) is 6.92 Å². The number of carbonyl (C=O) groups excluding carboxylic acids is 1. The predicted molar refractivity (Wildman–Crippen MR) is 76.7 cm³/mol. The van der Waals surface area contributed by atoms with E-state index < -0.39 is 17.5 Å². The van der Waals surface area contributed by atoms with Crippen LogP contribution in [-0.2, 0) is 12.6 Å². The van der Waals surface area contributed by atoms with Crippen LogP contribution < -0.4 is 5.73 Å². The number of benzene rings is 1. The van der Waals surface area contributed by atoms with Gasteiger partial charge in [0, 0.05) is 21.4 Å². The zero-order chi connectivity index (χ0) is 15.6. The van der Waals surface area contributed by atoms with Gasteiger partial charge >= 0.3 is 6.18 Å². The number of alkyl halides is 3. The number of halogens is 3. The molecule has 0 aliphatic heterocycles. The maximum atomic E-state index is 12.7. The number of hydrogen-bond donors (Lipinski definition) is 1. The number of carbonyl (C=O) groups is 1. The summed E-state index contributed by atoms with van der Waals surface area (Å²) in [7, 11) is 0. The van der Waals surface area contributed by atoms with Gasteiger partial charge < -0.3 is 5.73 Å². The number of nitrogens with two attached hydrogens (primary N) is 1. The van der Waals surface area contributed by atoms with Gasteiger partial charge in [-0.15, -0.1) is 11.3 Å². The number of hydrogen-bond acceptors (Lipinski definition) is 3. The van der Waals surface area contributed by atoms with Crippen molar-refractivity contribution in [2.24, 2.45) is 5.73 Å². The summed E-state index contributed by atoms with van der Waals surface area (Å²) < 4.78 is 38.1. The van der Waals surface area contributed by atoms with Crippen molar-refractivity contribution in [1.29, 1.82) is 0 Å². The highest BCUT2D eigenvalue weighted by atomic mass is 32.1. The molecule has 0 radical (unpaired) electrons. The Bertz CT molecular complexity index is 661. The maximum Gasteiger partial charge on any atom is 0.416 e. The van der Waals surface area contributed by atoms with Crippen molar-refractivity contribution in [1.82, 2.24) is 0 Å². The van der Waals surface area contributed by atoms with E-state index in [2.05, 4.69) is 0 Å².